The van der Waals surface area contributed by atoms with Crippen molar-refractivity contribution in [3.63, 3.8) is 0 Å². The summed E-state index contributed by atoms with van der Waals surface area (Å²) in [6.45, 7) is 5.29. The minimum atomic E-state index is -0.594. The van der Waals surface area contributed by atoms with E-state index < -0.39 is 5.60 Å². The fourth-order valence-electron chi connectivity index (χ4n) is 1.20. The molecule has 1 unspecified atom stereocenters. The minimum absolute atomic E-state index is 0.594. The van der Waals surface area contributed by atoms with E-state index in [9.17, 15) is 5.11 Å². The zero-order valence-electron chi connectivity index (χ0n) is 9.26. The van der Waals surface area contributed by atoms with Crippen LogP contribution in [0.25, 0.3) is 0 Å². The lowest BCUT2D eigenvalue weighted by Crippen LogP contribution is -2.36. The van der Waals surface area contributed by atoms with Crippen LogP contribution in [0, 0.1) is 3.57 Å². The van der Waals surface area contributed by atoms with Gasteiger partial charge in [0.15, 0.2) is 0 Å². The van der Waals surface area contributed by atoms with Crippen LogP contribution in [0.4, 0.5) is 0 Å². The number of halogens is 1. The summed E-state index contributed by atoms with van der Waals surface area (Å²) in [5.41, 5.74) is 0.658. The smallest absolute Gasteiger partial charge is 0.0741 e. The summed E-state index contributed by atoms with van der Waals surface area (Å²) >= 11 is 2.29. The third-order valence-corrected chi connectivity index (χ3v) is 3.23. The van der Waals surface area contributed by atoms with Gasteiger partial charge in [-0.15, -0.1) is 0 Å². The molecule has 1 rings (SSSR count). The lowest BCUT2D eigenvalue weighted by Gasteiger charge is -2.21. The Balaban J connectivity index is 2.35. The molecule has 0 spiro atoms. The Labute approximate surface area is 105 Å². The molecule has 84 valence electrons. The lowest BCUT2D eigenvalue weighted by atomic mass is 10.0. The molecular formula is C12H18INO. The van der Waals surface area contributed by atoms with Crippen LogP contribution in [-0.4, -0.2) is 17.3 Å². The van der Waals surface area contributed by atoms with Crippen molar-refractivity contribution >= 4 is 22.6 Å². The highest BCUT2D eigenvalue weighted by molar-refractivity contribution is 14.1. The Bertz CT molecular complexity index is 295. The van der Waals surface area contributed by atoms with Gasteiger partial charge in [-0.1, -0.05) is 19.1 Å². The van der Waals surface area contributed by atoms with Crippen LogP contribution in [0.5, 0.6) is 0 Å². The third-order valence-electron chi connectivity index (χ3n) is 2.51. The summed E-state index contributed by atoms with van der Waals surface area (Å²) in [5, 5.41) is 13.0. The van der Waals surface area contributed by atoms with E-state index in [1.165, 1.54) is 9.13 Å². The van der Waals surface area contributed by atoms with E-state index in [-0.39, 0.29) is 0 Å². The summed E-state index contributed by atoms with van der Waals surface area (Å²) in [4.78, 5) is 0. The maximum atomic E-state index is 9.78. The topological polar surface area (TPSA) is 32.3 Å². The molecule has 0 fully saturated rings. The molecule has 1 atom stereocenters. The molecule has 0 radical (unpaired) electrons. The van der Waals surface area contributed by atoms with Crippen LogP contribution in [0.15, 0.2) is 24.3 Å². The van der Waals surface area contributed by atoms with Gasteiger partial charge in [0.25, 0.3) is 0 Å². The molecule has 1 aromatic carbocycles. The van der Waals surface area contributed by atoms with Crippen LogP contribution < -0.4 is 5.32 Å². The van der Waals surface area contributed by atoms with Gasteiger partial charge in [-0.3, -0.25) is 0 Å². The number of nitrogens with one attached hydrogen (secondary N) is 1. The highest BCUT2D eigenvalue weighted by Gasteiger charge is 2.15. The summed E-state index contributed by atoms with van der Waals surface area (Å²) in [6.07, 6.45) is 0.771. The second-order valence-corrected chi connectivity index (χ2v) is 5.33. The molecule has 0 bridgehead atoms. The fraction of sp³-hybridized carbons (Fsp3) is 0.500. The summed E-state index contributed by atoms with van der Waals surface area (Å²) < 4.78 is 1.25. The highest BCUT2D eigenvalue weighted by Crippen LogP contribution is 2.08. The van der Waals surface area contributed by atoms with Crippen molar-refractivity contribution in [2.45, 2.75) is 32.4 Å². The number of hydrogen-bond donors (Lipinski definition) is 2. The van der Waals surface area contributed by atoms with Gasteiger partial charge in [-0.25, -0.2) is 0 Å². The Morgan fingerprint density at radius 3 is 2.47 bits per heavy atom. The van der Waals surface area contributed by atoms with Gasteiger partial charge in [-0.05, 0) is 53.6 Å². The molecule has 3 heteroatoms. The molecule has 0 aromatic heterocycles. The Hall–Kier alpha value is -0.130. The molecule has 0 saturated carbocycles. The van der Waals surface area contributed by atoms with Crippen LogP contribution in [0.1, 0.15) is 25.8 Å². The molecule has 0 saturated heterocycles. The monoisotopic (exact) mass is 319 g/mol. The van der Waals surface area contributed by atoms with E-state index in [0.29, 0.717) is 6.54 Å². The first kappa shape index (κ1) is 12.9. The maximum absolute atomic E-state index is 9.78. The first-order valence-electron chi connectivity index (χ1n) is 5.21. The SMILES string of the molecule is CCC(C)(O)CNCc1ccc(I)cc1. The van der Waals surface area contributed by atoms with E-state index in [4.69, 9.17) is 0 Å². The summed E-state index contributed by atoms with van der Waals surface area (Å²) in [7, 11) is 0. The number of hydrogen-bond acceptors (Lipinski definition) is 2. The molecule has 0 aliphatic heterocycles. The Kier molecular flexibility index (Phi) is 5.02. The number of benzene rings is 1. The fourth-order valence-corrected chi connectivity index (χ4v) is 1.56. The first-order valence-corrected chi connectivity index (χ1v) is 6.29. The molecule has 0 aliphatic rings. The number of rotatable bonds is 5. The van der Waals surface area contributed by atoms with Gasteiger partial charge in [-0.2, -0.15) is 0 Å². The van der Waals surface area contributed by atoms with Gasteiger partial charge >= 0.3 is 0 Å². The van der Waals surface area contributed by atoms with Gasteiger partial charge < -0.3 is 10.4 Å². The predicted octanol–water partition coefficient (Wildman–Crippen LogP) is 2.54. The highest BCUT2D eigenvalue weighted by atomic mass is 127. The van der Waals surface area contributed by atoms with Gasteiger partial charge in [0, 0.05) is 16.7 Å². The first-order chi connectivity index (χ1) is 7.03. The largest absolute Gasteiger partial charge is 0.389 e. The summed E-state index contributed by atoms with van der Waals surface area (Å²) in [5.74, 6) is 0. The van der Waals surface area contributed by atoms with Crippen molar-refractivity contribution in [3.8, 4) is 0 Å². The quantitative estimate of drug-likeness (QED) is 0.818. The van der Waals surface area contributed by atoms with Crippen molar-refractivity contribution in [1.82, 2.24) is 5.32 Å². The zero-order valence-corrected chi connectivity index (χ0v) is 11.4. The zero-order chi connectivity index (χ0) is 11.3. The molecule has 1 aromatic rings. The van der Waals surface area contributed by atoms with Crippen LogP contribution in [0.3, 0.4) is 0 Å². The predicted molar refractivity (Wildman–Crippen MR) is 71.8 cm³/mol. The minimum Gasteiger partial charge on any atom is -0.389 e. The van der Waals surface area contributed by atoms with Crippen molar-refractivity contribution in [1.29, 1.82) is 0 Å². The lowest BCUT2D eigenvalue weighted by molar-refractivity contribution is 0.0555. The molecule has 0 heterocycles. The van der Waals surface area contributed by atoms with Gasteiger partial charge in [0.2, 0.25) is 0 Å². The number of aliphatic hydroxyl groups is 1. The van der Waals surface area contributed by atoms with E-state index in [1.54, 1.807) is 0 Å². The van der Waals surface area contributed by atoms with Crippen LogP contribution in [-0.2, 0) is 6.54 Å². The standard InChI is InChI=1S/C12H18INO/c1-3-12(2,15)9-14-8-10-4-6-11(13)7-5-10/h4-7,14-15H,3,8-9H2,1-2H3. The van der Waals surface area contributed by atoms with E-state index in [0.717, 1.165) is 13.0 Å². The van der Waals surface area contributed by atoms with Gasteiger partial charge in [0.1, 0.15) is 0 Å². The van der Waals surface area contributed by atoms with Crippen LogP contribution >= 0.6 is 22.6 Å². The Morgan fingerprint density at radius 1 is 1.33 bits per heavy atom. The molecule has 0 amide bonds. The second-order valence-electron chi connectivity index (χ2n) is 4.08. The molecule has 2 N–H and O–H groups in total. The van der Waals surface area contributed by atoms with Crippen molar-refractivity contribution in [2.75, 3.05) is 6.54 Å². The molecule has 0 aliphatic carbocycles. The average Bonchev–Trinajstić information content (AvgIpc) is 2.21. The van der Waals surface area contributed by atoms with E-state index >= 15 is 0 Å². The van der Waals surface area contributed by atoms with E-state index in [1.807, 2.05) is 13.8 Å². The maximum Gasteiger partial charge on any atom is 0.0741 e. The second kappa shape index (κ2) is 5.82. The van der Waals surface area contributed by atoms with Crippen molar-refractivity contribution in [3.05, 3.63) is 33.4 Å². The normalized spacial score (nSPS) is 14.9. The van der Waals surface area contributed by atoms with Crippen molar-refractivity contribution < 1.29 is 5.11 Å². The average molecular weight is 319 g/mol. The van der Waals surface area contributed by atoms with E-state index in [2.05, 4.69) is 52.2 Å². The molecular weight excluding hydrogens is 301 g/mol. The Morgan fingerprint density at radius 2 is 1.93 bits per heavy atom. The molecule has 15 heavy (non-hydrogen) atoms. The van der Waals surface area contributed by atoms with Gasteiger partial charge in [0.05, 0.1) is 5.60 Å². The van der Waals surface area contributed by atoms with Crippen molar-refractivity contribution in [2.24, 2.45) is 0 Å². The third kappa shape index (κ3) is 4.95. The van der Waals surface area contributed by atoms with Crippen LogP contribution in [0.2, 0.25) is 0 Å². The summed E-state index contributed by atoms with van der Waals surface area (Å²) in [6, 6.07) is 8.40. The molecule has 2 nitrogen and oxygen atoms in total.